The molecule has 0 fully saturated rings. The zero-order chi connectivity index (χ0) is 23.7. The van der Waals surface area contributed by atoms with Gasteiger partial charge in [0, 0.05) is 16.7 Å². The third kappa shape index (κ3) is 4.18. The summed E-state index contributed by atoms with van der Waals surface area (Å²) in [6.45, 7) is 4.40. The summed E-state index contributed by atoms with van der Waals surface area (Å²) in [5, 5.41) is 9.24. The van der Waals surface area contributed by atoms with Crippen LogP contribution in [0, 0.1) is 30.0 Å². The standard InChI is InChI=1S/C22H19F2N5O3/c1-10(2)16-18(19(30)13-5-11(3)4-12(6-13)8-25)29(22(32)28-21(16)31)9-14-7-15(26)27-20(24)17(14)23/h4-7,10H,9H2,1-3H3,(H2,26,27)(H,28,31,32). The van der Waals surface area contributed by atoms with Crippen molar-refractivity contribution in [2.24, 2.45) is 0 Å². The number of aromatic amines is 1. The van der Waals surface area contributed by atoms with Crippen molar-refractivity contribution in [3.05, 3.63) is 90.4 Å². The number of ketones is 1. The van der Waals surface area contributed by atoms with Gasteiger partial charge < -0.3 is 5.73 Å². The number of aryl methyl sites for hydroxylation is 1. The Kier molecular flexibility index (Phi) is 6.02. The van der Waals surface area contributed by atoms with E-state index in [1.54, 1.807) is 26.8 Å². The number of nitrogens with zero attached hydrogens (tertiary/aromatic N) is 3. The van der Waals surface area contributed by atoms with Gasteiger partial charge in [0.15, 0.2) is 5.82 Å². The summed E-state index contributed by atoms with van der Waals surface area (Å²) in [7, 11) is 0. The molecule has 3 rings (SSSR count). The highest BCUT2D eigenvalue weighted by Gasteiger charge is 2.26. The number of benzene rings is 1. The van der Waals surface area contributed by atoms with Gasteiger partial charge in [-0.2, -0.15) is 9.65 Å². The van der Waals surface area contributed by atoms with Gasteiger partial charge in [-0.1, -0.05) is 13.8 Å². The van der Waals surface area contributed by atoms with Crippen LogP contribution in [0.4, 0.5) is 14.6 Å². The highest BCUT2D eigenvalue weighted by molar-refractivity contribution is 6.09. The molecule has 0 aliphatic rings. The maximum Gasteiger partial charge on any atom is 0.329 e. The zero-order valence-corrected chi connectivity index (χ0v) is 17.5. The molecular formula is C22H19F2N5O3. The molecule has 0 radical (unpaired) electrons. The molecule has 0 aliphatic carbocycles. The van der Waals surface area contributed by atoms with Gasteiger partial charge in [-0.15, -0.1) is 0 Å². The van der Waals surface area contributed by atoms with E-state index < -0.39 is 41.3 Å². The van der Waals surface area contributed by atoms with E-state index in [1.807, 2.05) is 6.07 Å². The fourth-order valence-corrected chi connectivity index (χ4v) is 3.49. The number of hydrogen-bond acceptors (Lipinski definition) is 6. The minimum absolute atomic E-state index is 0.00229. The second-order valence-corrected chi connectivity index (χ2v) is 7.60. The number of pyridine rings is 1. The van der Waals surface area contributed by atoms with Gasteiger partial charge in [-0.05, 0) is 42.7 Å². The van der Waals surface area contributed by atoms with Crippen molar-refractivity contribution in [1.29, 1.82) is 5.26 Å². The number of nitrogens with one attached hydrogen (secondary N) is 1. The molecular weight excluding hydrogens is 420 g/mol. The van der Waals surface area contributed by atoms with E-state index in [4.69, 9.17) is 5.73 Å². The minimum atomic E-state index is -1.45. The molecule has 0 atom stereocenters. The lowest BCUT2D eigenvalue weighted by Crippen LogP contribution is -2.38. The molecule has 0 amide bonds. The molecule has 0 aliphatic heterocycles. The molecule has 3 N–H and O–H groups in total. The van der Waals surface area contributed by atoms with E-state index in [9.17, 15) is 28.4 Å². The Morgan fingerprint density at radius 2 is 1.94 bits per heavy atom. The Hall–Kier alpha value is -4.13. The summed E-state index contributed by atoms with van der Waals surface area (Å²) in [5.41, 5.74) is 4.05. The molecule has 10 heteroatoms. The van der Waals surface area contributed by atoms with Crippen LogP contribution in [0.1, 0.15) is 58.1 Å². The number of halogens is 2. The fraction of sp³-hybridized carbons (Fsp3) is 0.227. The number of nitriles is 1. The molecule has 32 heavy (non-hydrogen) atoms. The lowest BCUT2D eigenvalue weighted by molar-refractivity contribution is 0.102. The van der Waals surface area contributed by atoms with Crippen molar-refractivity contribution in [3.63, 3.8) is 0 Å². The maximum absolute atomic E-state index is 14.3. The van der Waals surface area contributed by atoms with Crippen LogP contribution in [-0.2, 0) is 6.54 Å². The summed E-state index contributed by atoms with van der Waals surface area (Å²) in [6.07, 6.45) is 0. The average Bonchev–Trinajstić information content (AvgIpc) is 2.71. The topological polar surface area (TPSA) is 135 Å². The molecule has 0 spiro atoms. The van der Waals surface area contributed by atoms with Crippen LogP contribution in [0.25, 0.3) is 0 Å². The van der Waals surface area contributed by atoms with Gasteiger partial charge in [-0.3, -0.25) is 19.1 Å². The summed E-state index contributed by atoms with van der Waals surface area (Å²) in [5.74, 6) is -4.30. The SMILES string of the molecule is Cc1cc(C#N)cc(C(=O)c2c(C(C)C)c(=O)[nH]c(=O)n2Cc2cc(N)nc(F)c2F)c1. The highest BCUT2D eigenvalue weighted by Crippen LogP contribution is 2.22. The van der Waals surface area contributed by atoms with Gasteiger partial charge in [-0.25, -0.2) is 14.2 Å². The monoisotopic (exact) mass is 439 g/mol. The Balaban J connectivity index is 2.33. The highest BCUT2D eigenvalue weighted by atomic mass is 19.2. The van der Waals surface area contributed by atoms with Crippen LogP contribution < -0.4 is 17.0 Å². The van der Waals surface area contributed by atoms with Crippen molar-refractivity contribution < 1.29 is 13.6 Å². The van der Waals surface area contributed by atoms with E-state index in [2.05, 4.69) is 9.97 Å². The second-order valence-electron chi connectivity index (χ2n) is 7.60. The molecule has 0 unspecified atom stereocenters. The Morgan fingerprint density at radius 3 is 2.56 bits per heavy atom. The number of carbonyl (C=O) groups excluding carboxylic acids is 1. The predicted octanol–water partition coefficient (Wildman–Crippen LogP) is 2.37. The number of aromatic nitrogens is 3. The van der Waals surface area contributed by atoms with Crippen LogP contribution >= 0.6 is 0 Å². The van der Waals surface area contributed by atoms with Gasteiger partial charge in [0.05, 0.1) is 18.2 Å². The molecule has 2 aromatic heterocycles. The Labute approximate surface area is 181 Å². The minimum Gasteiger partial charge on any atom is -0.384 e. The van der Waals surface area contributed by atoms with Gasteiger partial charge >= 0.3 is 5.69 Å². The summed E-state index contributed by atoms with van der Waals surface area (Å²) in [4.78, 5) is 44.1. The lowest BCUT2D eigenvalue weighted by Gasteiger charge is -2.18. The Morgan fingerprint density at radius 1 is 1.25 bits per heavy atom. The normalized spacial score (nSPS) is 10.9. The predicted molar refractivity (Wildman–Crippen MR) is 112 cm³/mol. The van der Waals surface area contributed by atoms with E-state index in [0.29, 0.717) is 5.56 Å². The lowest BCUT2D eigenvalue weighted by atomic mass is 9.95. The van der Waals surface area contributed by atoms with Crippen molar-refractivity contribution >= 4 is 11.6 Å². The van der Waals surface area contributed by atoms with Crippen molar-refractivity contribution in [2.75, 3.05) is 5.73 Å². The van der Waals surface area contributed by atoms with E-state index in [0.717, 1.165) is 10.6 Å². The molecule has 0 bridgehead atoms. The van der Waals surface area contributed by atoms with Gasteiger partial charge in [0.25, 0.3) is 11.5 Å². The first-order valence-corrected chi connectivity index (χ1v) is 9.57. The van der Waals surface area contributed by atoms with E-state index >= 15 is 0 Å². The zero-order valence-electron chi connectivity index (χ0n) is 17.5. The number of rotatable bonds is 5. The molecule has 1 aromatic carbocycles. The van der Waals surface area contributed by atoms with Crippen LogP contribution in [-0.4, -0.2) is 20.3 Å². The van der Waals surface area contributed by atoms with Crippen LogP contribution in [0.2, 0.25) is 0 Å². The molecule has 2 heterocycles. The number of nitrogens with two attached hydrogens (primary N) is 1. The first-order chi connectivity index (χ1) is 15.0. The third-order valence-electron chi connectivity index (χ3n) is 4.84. The first kappa shape index (κ1) is 22.6. The second kappa shape index (κ2) is 8.55. The molecule has 0 saturated heterocycles. The number of H-pyrrole nitrogens is 1. The van der Waals surface area contributed by atoms with Crippen LogP contribution in [0.3, 0.4) is 0 Å². The quantitative estimate of drug-likeness (QED) is 0.463. The smallest absolute Gasteiger partial charge is 0.329 e. The average molecular weight is 439 g/mol. The third-order valence-corrected chi connectivity index (χ3v) is 4.84. The van der Waals surface area contributed by atoms with Crippen LogP contribution in [0.15, 0.2) is 33.9 Å². The van der Waals surface area contributed by atoms with E-state index in [-0.39, 0.29) is 33.8 Å². The van der Waals surface area contributed by atoms with E-state index in [1.165, 1.54) is 12.1 Å². The molecule has 8 nitrogen and oxygen atoms in total. The van der Waals surface area contributed by atoms with Crippen molar-refractivity contribution in [3.8, 4) is 6.07 Å². The van der Waals surface area contributed by atoms with Crippen molar-refractivity contribution in [1.82, 2.24) is 14.5 Å². The molecule has 3 aromatic rings. The first-order valence-electron chi connectivity index (χ1n) is 9.57. The summed E-state index contributed by atoms with van der Waals surface area (Å²) >= 11 is 0. The summed E-state index contributed by atoms with van der Waals surface area (Å²) < 4.78 is 29.0. The van der Waals surface area contributed by atoms with Gasteiger partial charge in [0.1, 0.15) is 11.5 Å². The number of anilines is 1. The molecule has 0 saturated carbocycles. The Bertz CT molecular complexity index is 1400. The van der Waals surface area contributed by atoms with Gasteiger partial charge in [0.2, 0.25) is 5.78 Å². The molecule has 164 valence electrons. The number of carbonyl (C=O) groups is 1. The summed E-state index contributed by atoms with van der Waals surface area (Å²) in [6, 6.07) is 7.40. The number of nitrogen functional groups attached to an aromatic ring is 1. The maximum atomic E-state index is 14.3. The number of hydrogen-bond donors (Lipinski definition) is 2. The largest absolute Gasteiger partial charge is 0.384 e. The van der Waals surface area contributed by atoms with Crippen LogP contribution in [0.5, 0.6) is 0 Å². The van der Waals surface area contributed by atoms with Crippen molar-refractivity contribution in [2.45, 2.75) is 33.2 Å². The fourth-order valence-electron chi connectivity index (χ4n) is 3.49.